The Bertz CT molecular complexity index is 598. The largest absolute Gasteiger partial charge is 0.478 e. The molecule has 1 heterocycles. The van der Waals surface area contributed by atoms with E-state index in [0.717, 1.165) is 11.1 Å². The van der Waals surface area contributed by atoms with Gasteiger partial charge >= 0.3 is 5.97 Å². The quantitative estimate of drug-likeness (QED) is 0.883. The van der Waals surface area contributed by atoms with Crippen LogP contribution in [-0.4, -0.2) is 21.0 Å². The molecule has 0 amide bonds. The molecule has 1 aromatic carbocycles. The molecule has 2 rings (SSSR count). The van der Waals surface area contributed by atoms with Crippen molar-refractivity contribution in [1.82, 2.24) is 9.97 Å². The smallest absolute Gasteiger partial charge is 0.338 e. The van der Waals surface area contributed by atoms with Crippen molar-refractivity contribution in [2.45, 2.75) is 6.42 Å². The molecule has 1 aromatic heterocycles. The van der Waals surface area contributed by atoms with Gasteiger partial charge in [0.15, 0.2) is 5.82 Å². The van der Waals surface area contributed by atoms with Crippen molar-refractivity contribution in [3.63, 3.8) is 0 Å². The first-order valence-electron chi connectivity index (χ1n) is 5.22. The lowest BCUT2D eigenvalue weighted by Gasteiger charge is -2.01. The van der Waals surface area contributed by atoms with Crippen LogP contribution < -0.4 is 0 Å². The number of aromatic nitrogens is 2. The molecular weight excluding hydrogens is 230 g/mol. The summed E-state index contributed by atoms with van der Waals surface area (Å²) < 4.78 is 0. The van der Waals surface area contributed by atoms with E-state index in [0.29, 0.717) is 12.2 Å². The van der Waals surface area contributed by atoms with Gasteiger partial charge in [-0.2, -0.15) is 5.26 Å². The van der Waals surface area contributed by atoms with E-state index in [9.17, 15) is 4.79 Å². The maximum absolute atomic E-state index is 10.7. The van der Waals surface area contributed by atoms with Crippen LogP contribution in [0.25, 0.3) is 11.4 Å². The minimum Gasteiger partial charge on any atom is -0.478 e. The number of nitriles is 1. The maximum Gasteiger partial charge on any atom is 0.338 e. The van der Waals surface area contributed by atoms with E-state index < -0.39 is 5.97 Å². The Morgan fingerprint density at radius 1 is 1.22 bits per heavy atom. The van der Waals surface area contributed by atoms with Gasteiger partial charge in [-0.1, -0.05) is 24.3 Å². The van der Waals surface area contributed by atoms with Gasteiger partial charge in [-0.15, -0.1) is 0 Å². The third kappa shape index (κ3) is 2.50. The van der Waals surface area contributed by atoms with E-state index in [1.807, 2.05) is 24.3 Å². The summed E-state index contributed by atoms with van der Waals surface area (Å²) in [4.78, 5) is 18.6. The minimum absolute atomic E-state index is 0.0554. The van der Waals surface area contributed by atoms with E-state index in [1.165, 1.54) is 12.4 Å². The van der Waals surface area contributed by atoms with Gasteiger partial charge in [-0.05, 0) is 5.56 Å². The predicted molar refractivity (Wildman–Crippen MR) is 63.7 cm³/mol. The lowest BCUT2D eigenvalue weighted by atomic mass is 10.1. The lowest BCUT2D eigenvalue weighted by Crippen LogP contribution is -1.99. The Balaban J connectivity index is 2.26. The summed E-state index contributed by atoms with van der Waals surface area (Å²) in [7, 11) is 0. The third-order valence-electron chi connectivity index (χ3n) is 2.39. The molecule has 0 atom stereocenters. The zero-order valence-electron chi connectivity index (χ0n) is 9.37. The van der Waals surface area contributed by atoms with E-state index in [1.54, 1.807) is 0 Å². The SMILES string of the molecule is N#CCc1ccc(-c2ncc(C(=O)O)cn2)cc1. The fourth-order valence-electron chi connectivity index (χ4n) is 1.45. The summed E-state index contributed by atoms with van der Waals surface area (Å²) in [5, 5.41) is 17.3. The molecule has 0 spiro atoms. The molecule has 0 bridgehead atoms. The van der Waals surface area contributed by atoms with Crippen LogP contribution in [0.5, 0.6) is 0 Å². The molecule has 5 heteroatoms. The first-order chi connectivity index (χ1) is 8.70. The van der Waals surface area contributed by atoms with Gasteiger partial charge in [0.1, 0.15) is 0 Å². The van der Waals surface area contributed by atoms with Crippen LogP contribution in [0.2, 0.25) is 0 Å². The van der Waals surface area contributed by atoms with Crippen molar-refractivity contribution < 1.29 is 9.90 Å². The van der Waals surface area contributed by atoms with E-state index in [-0.39, 0.29) is 5.56 Å². The van der Waals surface area contributed by atoms with Gasteiger partial charge in [0, 0.05) is 18.0 Å². The predicted octanol–water partition coefficient (Wildman–Crippen LogP) is 1.91. The third-order valence-corrected chi connectivity index (χ3v) is 2.39. The molecule has 0 aliphatic carbocycles. The number of hydrogen-bond donors (Lipinski definition) is 1. The Kier molecular flexibility index (Phi) is 3.30. The van der Waals surface area contributed by atoms with Crippen molar-refractivity contribution in [2.24, 2.45) is 0 Å². The average Bonchev–Trinajstić information content (AvgIpc) is 2.40. The second-order valence-corrected chi connectivity index (χ2v) is 3.63. The number of rotatable bonds is 3. The minimum atomic E-state index is -1.05. The summed E-state index contributed by atoms with van der Waals surface area (Å²) in [5.41, 5.74) is 1.76. The summed E-state index contributed by atoms with van der Waals surface area (Å²) in [6, 6.07) is 9.34. The number of carboxylic acid groups (broad SMARTS) is 1. The molecule has 5 nitrogen and oxygen atoms in total. The standard InChI is InChI=1S/C13H9N3O2/c14-6-5-9-1-3-10(4-2-9)12-15-7-11(8-16-12)13(17)18/h1-4,7-8H,5H2,(H,17,18). The number of carbonyl (C=O) groups is 1. The molecule has 18 heavy (non-hydrogen) atoms. The lowest BCUT2D eigenvalue weighted by molar-refractivity contribution is 0.0696. The van der Waals surface area contributed by atoms with Crippen molar-refractivity contribution in [3.05, 3.63) is 47.8 Å². The fraction of sp³-hybridized carbons (Fsp3) is 0.0769. The number of aromatic carboxylic acids is 1. The molecule has 2 aromatic rings. The molecule has 0 fully saturated rings. The van der Waals surface area contributed by atoms with Crippen LogP contribution in [0.4, 0.5) is 0 Å². The van der Waals surface area contributed by atoms with Crippen molar-refractivity contribution in [3.8, 4) is 17.5 Å². The summed E-state index contributed by atoms with van der Waals surface area (Å²) in [6.07, 6.45) is 2.90. The monoisotopic (exact) mass is 239 g/mol. The Hall–Kier alpha value is -2.74. The molecule has 0 radical (unpaired) electrons. The Labute approximate surface area is 103 Å². The molecule has 88 valence electrons. The van der Waals surface area contributed by atoms with Crippen LogP contribution in [0, 0.1) is 11.3 Å². The first-order valence-corrected chi connectivity index (χ1v) is 5.22. The van der Waals surface area contributed by atoms with Crippen LogP contribution >= 0.6 is 0 Å². The Morgan fingerprint density at radius 3 is 2.33 bits per heavy atom. The molecule has 0 aliphatic heterocycles. The Morgan fingerprint density at radius 2 is 1.83 bits per heavy atom. The number of nitrogens with zero attached hydrogens (tertiary/aromatic N) is 3. The fourth-order valence-corrected chi connectivity index (χ4v) is 1.45. The van der Waals surface area contributed by atoms with E-state index in [4.69, 9.17) is 10.4 Å². The number of hydrogen-bond acceptors (Lipinski definition) is 4. The second kappa shape index (κ2) is 5.06. The van der Waals surface area contributed by atoms with Crippen LogP contribution in [-0.2, 0) is 6.42 Å². The van der Waals surface area contributed by atoms with Crippen LogP contribution in [0.1, 0.15) is 15.9 Å². The maximum atomic E-state index is 10.7. The zero-order valence-corrected chi connectivity index (χ0v) is 9.37. The highest BCUT2D eigenvalue weighted by atomic mass is 16.4. The number of benzene rings is 1. The second-order valence-electron chi connectivity index (χ2n) is 3.63. The van der Waals surface area contributed by atoms with Gasteiger partial charge in [0.05, 0.1) is 18.1 Å². The highest BCUT2D eigenvalue weighted by molar-refractivity contribution is 5.86. The molecule has 0 aliphatic rings. The molecular formula is C13H9N3O2. The first kappa shape index (κ1) is 11.7. The summed E-state index contributed by atoms with van der Waals surface area (Å²) >= 11 is 0. The normalized spacial score (nSPS) is 9.72. The van der Waals surface area contributed by atoms with Crippen molar-refractivity contribution in [1.29, 1.82) is 5.26 Å². The zero-order chi connectivity index (χ0) is 13.0. The van der Waals surface area contributed by atoms with Crippen LogP contribution in [0.3, 0.4) is 0 Å². The molecule has 0 unspecified atom stereocenters. The molecule has 0 saturated carbocycles. The highest BCUT2D eigenvalue weighted by Gasteiger charge is 2.05. The topological polar surface area (TPSA) is 86.9 Å². The van der Waals surface area contributed by atoms with Gasteiger partial charge in [-0.3, -0.25) is 0 Å². The molecule has 0 saturated heterocycles. The van der Waals surface area contributed by atoms with Gasteiger partial charge in [0.25, 0.3) is 0 Å². The van der Waals surface area contributed by atoms with Crippen molar-refractivity contribution in [2.75, 3.05) is 0 Å². The van der Waals surface area contributed by atoms with Crippen LogP contribution in [0.15, 0.2) is 36.7 Å². The van der Waals surface area contributed by atoms with Crippen molar-refractivity contribution >= 4 is 5.97 Å². The number of carboxylic acids is 1. The van der Waals surface area contributed by atoms with Gasteiger partial charge in [-0.25, -0.2) is 14.8 Å². The summed E-state index contributed by atoms with van der Waals surface area (Å²) in [6.45, 7) is 0. The van der Waals surface area contributed by atoms with Gasteiger partial charge in [0.2, 0.25) is 0 Å². The van der Waals surface area contributed by atoms with E-state index in [2.05, 4.69) is 16.0 Å². The molecule has 1 N–H and O–H groups in total. The average molecular weight is 239 g/mol. The van der Waals surface area contributed by atoms with Gasteiger partial charge < -0.3 is 5.11 Å². The summed E-state index contributed by atoms with van der Waals surface area (Å²) in [5.74, 6) is -0.588. The van der Waals surface area contributed by atoms with E-state index >= 15 is 0 Å². The highest BCUT2D eigenvalue weighted by Crippen LogP contribution is 2.15.